The number of anilines is 1. The van der Waals surface area contributed by atoms with Crippen LogP contribution in [0, 0.1) is 0 Å². The number of fused-ring (bicyclic) bond motifs is 1. The Morgan fingerprint density at radius 1 is 1.25 bits per heavy atom. The van der Waals surface area contributed by atoms with Crippen LogP contribution in [-0.2, 0) is 11.2 Å². The van der Waals surface area contributed by atoms with E-state index < -0.39 is 0 Å². The zero-order valence-electron chi connectivity index (χ0n) is 16.1. The number of oxazole rings is 1. The number of benzene rings is 2. The van der Waals surface area contributed by atoms with Crippen LogP contribution in [0.2, 0.25) is 0 Å². The van der Waals surface area contributed by atoms with Gasteiger partial charge in [-0.3, -0.25) is 4.79 Å². The standard InChI is InChI=1S/C22H25N3O3/c1-27-18-11-8-16(9-12-18)10-13-21(26)23-15-17-5-4-14-25(17)22-24-19-6-2-3-7-20(19)28-22/h2-3,6-9,11-12,17H,4-5,10,13-15H2,1H3,(H,23,26). The van der Waals surface area contributed by atoms with Gasteiger partial charge in [0.25, 0.3) is 6.01 Å². The average Bonchev–Trinajstić information content (AvgIpc) is 3.37. The van der Waals surface area contributed by atoms with Crippen LogP contribution in [0.1, 0.15) is 24.8 Å². The number of hydrogen-bond acceptors (Lipinski definition) is 5. The number of aryl methyl sites for hydroxylation is 1. The number of carbonyl (C=O) groups excluding carboxylic acids is 1. The third-order valence-corrected chi connectivity index (χ3v) is 5.24. The highest BCUT2D eigenvalue weighted by Crippen LogP contribution is 2.28. The van der Waals surface area contributed by atoms with Gasteiger partial charge in [-0.25, -0.2) is 0 Å². The fourth-order valence-corrected chi connectivity index (χ4v) is 3.65. The van der Waals surface area contributed by atoms with Crippen molar-refractivity contribution in [2.24, 2.45) is 0 Å². The number of rotatable bonds is 7. The minimum Gasteiger partial charge on any atom is -0.497 e. The fourth-order valence-electron chi connectivity index (χ4n) is 3.65. The van der Waals surface area contributed by atoms with Gasteiger partial charge in [0, 0.05) is 19.5 Å². The zero-order valence-corrected chi connectivity index (χ0v) is 16.1. The summed E-state index contributed by atoms with van der Waals surface area (Å²) in [6, 6.07) is 16.5. The van der Waals surface area contributed by atoms with Gasteiger partial charge in [0.2, 0.25) is 5.91 Å². The summed E-state index contributed by atoms with van der Waals surface area (Å²) in [5.74, 6) is 0.897. The summed E-state index contributed by atoms with van der Waals surface area (Å²) in [5, 5.41) is 3.08. The van der Waals surface area contributed by atoms with Crippen molar-refractivity contribution in [2.75, 3.05) is 25.1 Å². The summed E-state index contributed by atoms with van der Waals surface area (Å²) in [6.07, 6.45) is 3.29. The third kappa shape index (κ3) is 4.11. The molecule has 1 aromatic heterocycles. The van der Waals surface area contributed by atoms with Crippen molar-refractivity contribution in [3.63, 3.8) is 0 Å². The number of nitrogens with zero attached hydrogens (tertiary/aromatic N) is 2. The van der Waals surface area contributed by atoms with Crippen molar-refractivity contribution in [1.29, 1.82) is 0 Å². The van der Waals surface area contributed by atoms with E-state index in [1.54, 1.807) is 7.11 Å². The van der Waals surface area contributed by atoms with Crippen molar-refractivity contribution < 1.29 is 13.9 Å². The number of ether oxygens (including phenoxy) is 1. The highest BCUT2D eigenvalue weighted by Gasteiger charge is 2.28. The number of carbonyl (C=O) groups is 1. The Kier molecular flexibility index (Phi) is 5.46. The molecule has 1 aliphatic rings. The van der Waals surface area contributed by atoms with Crippen LogP contribution in [0.25, 0.3) is 11.1 Å². The molecule has 3 aromatic rings. The lowest BCUT2D eigenvalue weighted by Gasteiger charge is -2.23. The lowest BCUT2D eigenvalue weighted by atomic mass is 10.1. The van der Waals surface area contributed by atoms with E-state index in [4.69, 9.17) is 9.15 Å². The minimum atomic E-state index is 0.0697. The first kappa shape index (κ1) is 18.3. The maximum Gasteiger partial charge on any atom is 0.298 e. The molecule has 6 nitrogen and oxygen atoms in total. The van der Waals surface area contributed by atoms with Crippen molar-refractivity contribution in [2.45, 2.75) is 31.7 Å². The van der Waals surface area contributed by atoms with Crippen molar-refractivity contribution in [3.8, 4) is 5.75 Å². The Morgan fingerprint density at radius 3 is 2.86 bits per heavy atom. The SMILES string of the molecule is COc1ccc(CCC(=O)NCC2CCCN2c2nc3ccccc3o2)cc1. The lowest BCUT2D eigenvalue weighted by Crippen LogP contribution is -2.40. The Hall–Kier alpha value is -3.02. The van der Waals surface area contributed by atoms with Gasteiger partial charge in [-0.15, -0.1) is 0 Å². The van der Waals surface area contributed by atoms with E-state index in [2.05, 4.69) is 15.2 Å². The molecule has 0 saturated carbocycles. The van der Waals surface area contributed by atoms with Gasteiger partial charge in [0.05, 0.1) is 13.2 Å². The summed E-state index contributed by atoms with van der Waals surface area (Å²) < 4.78 is 11.1. The number of hydrogen-bond donors (Lipinski definition) is 1. The lowest BCUT2D eigenvalue weighted by molar-refractivity contribution is -0.121. The topological polar surface area (TPSA) is 67.6 Å². The normalized spacial score (nSPS) is 16.5. The molecule has 2 aromatic carbocycles. The molecule has 6 heteroatoms. The van der Waals surface area contributed by atoms with Crippen LogP contribution >= 0.6 is 0 Å². The fraction of sp³-hybridized carbons (Fsp3) is 0.364. The first-order chi connectivity index (χ1) is 13.7. The van der Waals surface area contributed by atoms with E-state index in [0.29, 0.717) is 19.0 Å². The molecule has 0 radical (unpaired) electrons. The maximum atomic E-state index is 12.3. The van der Waals surface area contributed by atoms with E-state index in [0.717, 1.165) is 48.2 Å². The minimum absolute atomic E-state index is 0.0697. The van der Waals surface area contributed by atoms with Crippen molar-refractivity contribution in [3.05, 3.63) is 54.1 Å². The highest BCUT2D eigenvalue weighted by atomic mass is 16.5. The molecule has 28 heavy (non-hydrogen) atoms. The smallest absolute Gasteiger partial charge is 0.298 e. The average molecular weight is 379 g/mol. The molecule has 4 rings (SSSR count). The van der Waals surface area contributed by atoms with E-state index >= 15 is 0 Å². The summed E-state index contributed by atoms with van der Waals surface area (Å²) >= 11 is 0. The molecule has 1 atom stereocenters. The number of nitrogens with one attached hydrogen (secondary N) is 1. The predicted octanol–water partition coefficient (Wildman–Crippen LogP) is 3.55. The van der Waals surface area contributed by atoms with E-state index in [9.17, 15) is 4.79 Å². The number of aromatic nitrogens is 1. The van der Waals surface area contributed by atoms with Gasteiger partial charge in [-0.1, -0.05) is 24.3 Å². The molecular formula is C22H25N3O3. The zero-order chi connectivity index (χ0) is 19.3. The second-order valence-electron chi connectivity index (χ2n) is 7.11. The first-order valence-corrected chi connectivity index (χ1v) is 9.75. The second-order valence-corrected chi connectivity index (χ2v) is 7.11. The summed E-state index contributed by atoms with van der Waals surface area (Å²) in [5.41, 5.74) is 2.79. The van der Waals surface area contributed by atoms with Crippen molar-refractivity contribution in [1.82, 2.24) is 10.3 Å². The van der Waals surface area contributed by atoms with Gasteiger partial charge in [0.1, 0.15) is 11.3 Å². The molecule has 2 heterocycles. The quantitative estimate of drug-likeness (QED) is 0.680. The monoisotopic (exact) mass is 379 g/mol. The highest BCUT2D eigenvalue weighted by molar-refractivity contribution is 5.76. The van der Waals surface area contributed by atoms with Crippen LogP contribution in [0.4, 0.5) is 6.01 Å². The van der Waals surface area contributed by atoms with Gasteiger partial charge >= 0.3 is 0 Å². The maximum absolute atomic E-state index is 12.3. The van der Waals surface area contributed by atoms with E-state index in [1.165, 1.54) is 0 Å². The van der Waals surface area contributed by atoms with Gasteiger partial charge < -0.3 is 19.4 Å². The Bertz CT molecular complexity index is 903. The largest absolute Gasteiger partial charge is 0.497 e. The van der Waals surface area contributed by atoms with Crippen LogP contribution in [-0.4, -0.2) is 37.1 Å². The molecule has 1 N–H and O–H groups in total. The van der Waals surface area contributed by atoms with Gasteiger partial charge in [0.15, 0.2) is 5.58 Å². The van der Waals surface area contributed by atoms with Crippen LogP contribution in [0.5, 0.6) is 5.75 Å². The molecule has 1 saturated heterocycles. The van der Waals surface area contributed by atoms with Crippen LogP contribution in [0.3, 0.4) is 0 Å². The summed E-state index contributed by atoms with van der Waals surface area (Å²) in [4.78, 5) is 19.1. The summed E-state index contributed by atoms with van der Waals surface area (Å²) in [7, 11) is 1.65. The third-order valence-electron chi connectivity index (χ3n) is 5.24. The number of methoxy groups -OCH3 is 1. The first-order valence-electron chi connectivity index (χ1n) is 9.75. The van der Waals surface area contributed by atoms with E-state index in [1.807, 2.05) is 48.5 Å². The Morgan fingerprint density at radius 2 is 2.07 bits per heavy atom. The molecule has 1 aliphatic heterocycles. The number of amides is 1. The molecule has 0 bridgehead atoms. The molecule has 1 fully saturated rings. The molecule has 0 spiro atoms. The molecular weight excluding hydrogens is 354 g/mol. The summed E-state index contributed by atoms with van der Waals surface area (Å²) in [6.45, 7) is 1.51. The Balaban J connectivity index is 1.30. The van der Waals surface area contributed by atoms with E-state index in [-0.39, 0.29) is 11.9 Å². The van der Waals surface area contributed by atoms with Gasteiger partial charge in [-0.2, -0.15) is 4.98 Å². The van der Waals surface area contributed by atoms with Crippen LogP contribution in [0.15, 0.2) is 52.9 Å². The predicted molar refractivity (Wildman–Crippen MR) is 109 cm³/mol. The number of para-hydroxylation sites is 2. The molecule has 1 unspecified atom stereocenters. The van der Waals surface area contributed by atoms with Crippen LogP contribution < -0.4 is 15.0 Å². The Labute approximate surface area is 164 Å². The van der Waals surface area contributed by atoms with Crippen molar-refractivity contribution >= 4 is 23.0 Å². The molecule has 1 amide bonds. The van der Waals surface area contributed by atoms with Gasteiger partial charge in [-0.05, 0) is 49.1 Å². The second kappa shape index (κ2) is 8.33. The molecule has 0 aliphatic carbocycles. The molecule has 146 valence electrons.